The summed E-state index contributed by atoms with van der Waals surface area (Å²) in [6.45, 7) is -1.66. The molecule has 0 aromatic carbocycles. The van der Waals surface area contributed by atoms with Crippen LogP contribution < -0.4 is 0 Å². The molecule has 0 heterocycles. The van der Waals surface area contributed by atoms with Crippen molar-refractivity contribution in [3.63, 3.8) is 0 Å². The highest BCUT2D eigenvalue weighted by atomic mass is 35.5. The second-order valence-electron chi connectivity index (χ2n) is 1.62. The number of alkyl halides is 2. The number of amides is 1. The molecule has 1 amide bonds. The van der Waals surface area contributed by atoms with Crippen LogP contribution >= 0.6 is 11.6 Å². The maximum absolute atomic E-state index is 11.6. The lowest BCUT2D eigenvalue weighted by Gasteiger charge is -2.14. The van der Waals surface area contributed by atoms with Gasteiger partial charge in [0.25, 0.3) is 0 Å². The largest absolute Gasteiger partial charge is 0.324 e. The van der Waals surface area contributed by atoms with Crippen LogP contribution in [0.3, 0.4) is 0 Å². The Morgan fingerprint density at radius 3 is 1.90 bits per heavy atom. The average Bonchev–Trinajstić information content (AvgIpc) is 1.87. The minimum absolute atomic E-state index is 0.133. The van der Waals surface area contributed by atoms with Crippen LogP contribution in [0.4, 0.5) is 13.6 Å². The number of rotatable bonds is 4. The van der Waals surface area contributed by atoms with Crippen molar-refractivity contribution >= 4 is 17.0 Å². The molecule has 10 heavy (non-hydrogen) atoms. The molecule has 0 bridgehead atoms. The molecule has 0 fully saturated rings. The van der Waals surface area contributed by atoms with Gasteiger partial charge in [0.2, 0.25) is 0 Å². The van der Waals surface area contributed by atoms with Crippen molar-refractivity contribution < 1.29 is 13.6 Å². The Kier molecular flexibility index (Phi) is 5.20. The molecule has 0 aromatic heterocycles. The van der Waals surface area contributed by atoms with Gasteiger partial charge in [0.1, 0.15) is 13.3 Å². The predicted octanol–water partition coefficient (Wildman–Crippen LogP) is 1.59. The Bertz CT molecular complexity index is 106. The van der Waals surface area contributed by atoms with E-state index in [2.05, 4.69) is 0 Å². The topological polar surface area (TPSA) is 20.3 Å². The summed E-state index contributed by atoms with van der Waals surface area (Å²) in [5.41, 5.74) is 0. The third kappa shape index (κ3) is 3.61. The summed E-state index contributed by atoms with van der Waals surface area (Å²) in [6.07, 6.45) is 0. The molecule has 0 N–H and O–H groups in total. The zero-order valence-corrected chi connectivity index (χ0v) is 6.07. The average molecular weight is 172 g/mol. The fourth-order valence-corrected chi connectivity index (χ4v) is 0.661. The number of carbonyl (C=O) groups is 1. The molecule has 0 aliphatic rings. The first-order valence-electron chi connectivity index (χ1n) is 2.78. The Balaban J connectivity index is 3.61. The lowest BCUT2D eigenvalue weighted by molar-refractivity contribution is 0.210. The van der Waals surface area contributed by atoms with Crippen molar-refractivity contribution in [1.82, 2.24) is 4.90 Å². The Morgan fingerprint density at radius 2 is 1.70 bits per heavy atom. The van der Waals surface area contributed by atoms with Gasteiger partial charge in [-0.05, 0) is 11.6 Å². The van der Waals surface area contributed by atoms with Crippen molar-refractivity contribution in [2.24, 2.45) is 0 Å². The standard InChI is InChI=1S/C5H8ClF2NO/c6-5(10)9(3-1-7)4-2-8/h1-4H2. The zero-order valence-electron chi connectivity index (χ0n) is 5.32. The first kappa shape index (κ1) is 9.62. The van der Waals surface area contributed by atoms with Crippen molar-refractivity contribution in [3.8, 4) is 0 Å². The van der Waals surface area contributed by atoms with Crippen LogP contribution in [0.2, 0.25) is 0 Å². The first-order valence-corrected chi connectivity index (χ1v) is 3.16. The van der Waals surface area contributed by atoms with E-state index in [1.165, 1.54) is 0 Å². The lowest BCUT2D eigenvalue weighted by atomic mass is 10.5. The fourth-order valence-electron chi connectivity index (χ4n) is 0.492. The van der Waals surface area contributed by atoms with E-state index in [-0.39, 0.29) is 13.1 Å². The van der Waals surface area contributed by atoms with Gasteiger partial charge in [0, 0.05) is 0 Å². The van der Waals surface area contributed by atoms with Crippen LogP contribution in [0, 0.1) is 0 Å². The van der Waals surface area contributed by atoms with Crippen molar-refractivity contribution in [2.45, 2.75) is 0 Å². The second-order valence-corrected chi connectivity index (χ2v) is 1.94. The number of hydrogen-bond acceptors (Lipinski definition) is 1. The van der Waals surface area contributed by atoms with Gasteiger partial charge < -0.3 is 4.90 Å². The summed E-state index contributed by atoms with van der Waals surface area (Å²) in [5, 5.41) is -0.810. The third-order valence-corrected chi connectivity index (χ3v) is 1.20. The van der Waals surface area contributed by atoms with Crippen LogP contribution in [-0.2, 0) is 0 Å². The molecule has 0 spiro atoms. The van der Waals surface area contributed by atoms with E-state index in [0.29, 0.717) is 0 Å². The lowest BCUT2D eigenvalue weighted by Crippen LogP contribution is -2.30. The molecule has 0 unspecified atom stereocenters. The molecular formula is C5H8ClF2NO. The van der Waals surface area contributed by atoms with Gasteiger partial charge >= 0.3 is 5.37 Å². The van der Waals surface area contributed by atoms with E-state index in [9.17, 15) is 13.6 Å². The van der Waals surface area contributed by atoms with E-state index in [4.69, 9.17) is 11.6 Å². The van der Waals surface area contributed by atoms with Gasteiger partial charge in [-0.2, -0.15) is 0 Å². The quantitative estimate of drug-likeness (QED) is 0.465. The molecule has 5 heteroatoms. The summed E-state index contributed by atoms with van der Waals surface area (Å²) in [7, 11) is 0. The summed E-state index contributed by atoms with van der Waals surface area (Å²) < 4.78 is 23.1. The van der Waals surface area contributed by atoms with E-state index in [1.807, 2.05) is 0 Å². The molecule has 60 valence electrons. The molecule has 0 saturated carbocycles. The molecule has 0 rings (SSSR count). The summed E-state index contributed by atoms with van der Waals surface area (Å²) in [4.78, 5) is 11.2. The minimum Gasteiger partial charge on any atom is -0.324 e. The van der Waals surface area contributed by atoms with E-state index in [0.717, 1.165) is 4.90 Å². The second kappa shape index (κ2) is 5.41. The van der Waals surface area contributed by atoms with Crippen LogP contribution in [0.25, 0.3) is 0 Å². The Morgan fingerprint density at radius 1 is 1.30 bits per heavy atom. The number of carbonyl (C=O) groups excluding carboxylic acids is 1. The van der Waals surface area contributed by atoms with E-state index >= 15 is 0 Å². The smallest absolute Gasteiger partial charge is 0.316 e. The molecule has 0 atom stereocenters. The van der Waals surface area contributed by atoms with Gasteiger partial charge in [-0.1, -0.05) is 0 Å². The molecular weight excluding hydrogens is 164 g/mol. The molecule has 0 aliphatic heterocycles. The van der Waals surface area contributed by atoms with Gasteiger partial charge in [0.15, 0.2) is 0 Å². The highest BCUT2D eigenvalue weighted by Gasteiger charge is 2.08. The Hall–Kier alpha value is -0.380. The minimum atomic E-state index is -0.810. The predicted molar refractivity (Wildman–Crippen MR) is 34.8 cm³/mol. The van der Waals surface area contributed by atoms with Crippen LogP contribution in [0.15, 0.2) is 0 Å². The van der Waals surface area contributed by atoms with E-state index in [1.54, 1.807) is 0 Å². The molecule has 0 radical (unpaired) electrons. The van der Waals surface area contributed by atoms with Gasteiger partial charge in [-0.3, -0.25) is 4.79 Å². The number of halogens is 3. The van der Waals surface area contributed by atoms with Crippen molar-refractivity contribution in [3.05, 3.63) is 0 Å². The van der Waals surface area contributed by atoms with Crippen LogP contribution in [-0.4, -0.2) is 36.7 Å². The van der Waals surface area contributed by atoms with Gasteiger partial charge in [-0.25, -0.2) is 8.78 Å². The molecule has 0 saturated heterocycles. The summed E-state index contributed by atoms with van der Waals surface area (Å²) in [6, 6.07) is 0. The molecule has 0 aromatic rings. The Labute approximate surface area is 62.8 Å². The zero-order chi connectivity index (χ0) is 7.98. The summed E-state index contributed by atoms with van der Waals surface area (Å²) in [5.74, 6) is 0. The maximum Gasteiger partial charge on any atom is 0.316 e. The maximum atomic E-state index is 11.6. The van der Waals surface area contributed by atoms with Crippen LogP contribution in [0.5, 0.6) is 0 Å². The van der Waals surface area contributed by atoms with Gasteiger partial charge in [0.05, 0.1) is 13.1 Å². The van der Waals surface area contributed by atoms with E-state index < -0.39 is 18.7 Å². The fraction of sp³-hybridized carbons (Fsp3) is 0.800. The molecule has 0 aliphatic carbocycles. The van der Waals surface area contributed by atoms with Crippen molar-refractivity contribution in [1.29, 1.82) is 0 Å². The molecule has 2 nitrogen and oxygen atoms in total. The van der Waals surface area contributed by atoms with Crippen LogP contribution in [0.1, 0.15) is 0 Å². The summed E-state index contributed by atoms with van der Waals surface area (Å²) >= 11 is 4.96. The SMILES string of the molecule is O=C(Cl)N(CCF)CCF. The third-order valence-electron chi connectivity index (χ3n) is 0.957. The number of nitrogens with zero attached hydrogens (tertiary/aromatic N) is 1. The monoisotopic (exact) mass is 171 g/mol. The number of hydrogen-bond donors (Lipinski definition) is 0. The highest BCUT2D eigenvalue weighted by Crippen LogP contribution is 1.95. The normalized spacial score (nSPS) is 9.50. The first-order chi connectivity index (χ1) is 4.72. The van der Waals surface area contributed by atoms with Gasteiger partial charge in [-0.15, -0.1) is 0 Å². The van der Waals surface area contributed by atoms with Crippen molar-refractivity contribution in [2.75, 3.05) is 26.4 Å². The highest BCUT2D eigenvalue weighted by molar-refractivity contribution is 6.62.